The summed E-state index contributed by atoms with van der Waals surface area (Å²) in [4.78, 5) is 2.13. The van der Waals surface area contributed by atoms with Crippen molar-refractivity contribution in [2.24, 2.45) is 0 Å². The maximum absolute atomic E-state index is 6.59. The molecular formula is C15H18Br2O2Te. The predicted molar refractivity (Wildman–Crippen MR) is 91.2 cm³/mol. The van der Waals surface area contributed by atoms with Crippen LogP contribution in [0.2, 0.25) is 0 Å². The van der Waals surface area contributed by atoms with E-state index in [1.165, 1.54) is 39.3 Å². The molecule has 110 valence electrons. The zero-order valence-electron chi connectivity index (χ0n) is 11.4. The minimum absolute atomic E-state index is 0.0201. The van der Waals surface area contributed by atoms with E-state index in [-0.39, 0.29) is 5.60 Å². The molecule has 2 nitrogen and oxygen atoms in total. The van der Waals surface area contributed by atoms with Gasteiger partial charge in [0.1, 0.15) is 0 Å². The van der Waals surface area contributed by atoms with Gasteiger partial charge in [0, 0.05) is 0 Å². The van der Waals surface area contributed by atoms with Crippen molar-refractivity contribution in [1.29, 1.82) is 0 Å². The fourth-order valence-electron chi connectivity index (χ4n) is 3.05. The summed E-state index contributed by atoms with van der Waals surface area (Å²) in [7, 11) is 1.70. The Morgan fingerprint density at radius 2 is 1.85 bits per heavy atom. The third kappa shape index (κ3) is 2.40. The van der Waals surface area contributed by atoms with Crippen molar-refractivity contribution >= 4 is 48.7 Å². The van der Waals surface area contributed by atoms with E-state index in [0.29, 0.717) is 0 Å². The molecule has 1 aromatic rings. The molecule has 2 aliphatic rings. The van der Waals surface area contributed by atoms with Crippen LogP contribution in [0.15, 0.2) is 32.9 Å². The van der Waals surface area contributed by atoms with E-state index in [9.17, 15) is 0 Å². The van der Waals surface area contributed by atoms with Crippen molar-refractivity contribution in [3.8, 4) is 5.75 Å². The molecule has 1 aromatic carbocycles. The topological polar surface area (TPSA) is 18.5 Å². The van der Waals surface area contributed by atoms with Crippen LogP contribution in [0.5, 0.6) is 5.75 Å². The number of hydrogen-bond donors (Lipinski definition) is 0. The zero-order chi connectivity index (χ0) is 14.2. The van der Waals surface area contributed by atoms with E-state index in [1.54, 1.807) is 7.11 Å². The summed E-state index contributed by atoms with van der Waals surface area (Å²) in [5, 5.41) is 0. The van der Waals surface area contributed by atoms with Gasteiger partial charge in [-0.2, -0.15) is 0 Å². The molecule has 5 heteroatoms. The molecule has 20 heavy (non-hydrogen) atoms. The maximum atomic E-state index is 6.59. The summed E-state index contributed by atoms with van der Waals surface area (Å²) in [6.45, 7) is 0. The second-order valence-electron chi connectivity index (χ2n) is 5.27. The van der Waals surface area contributed by atoms with Gasteiger partial charge < -0.3 is 0 Å². The quantitative estimate of drug-likeness (QED) is 0.545. The number of benzene rings is 1. The molecular weight excluding hydrogens is 500 g/mol. The molecule has 1 saturated heterocycles. The SMILES string of the molecule is COc1ccc([Te]2(Br)OC3(CCCCC3)/C2=C\Br)cc1. The van der Waals surface area contributed by atoms with Crippen molar-refractivity contribution in [1.82, 2.24) is 0 Å². The summed E-state index contributed by atoms with van der Waals surface area (Å²) in [5.74, 6) is 0.892. The van der Waals surface area contributed by atoms with E-state index in [0.717, 1.165) is 5.75 Å². The fourth-order valence-corrected chi connectivity index (χ4v) is 19.4. The van der Waals surface area contributed by atoms with E-state index in [2.05, 4.69) is 45.8 Å². The first-order chi connectivity index (χ1) is 9.64. The van der Waals surface area contributed by atoms with Gasteiger partial charge in [-0.05, 0) is 0 Å². The first kappa shape index (κ1) is 15.4. The molecule has 2 fully saturated rings. The molecule has 1 atom stereocenters. The van der Waals surface area contributed by atoms with Crippen molar-refractivity contribution < 1.29 is 7.84 Å². The third-order valence-electron chi connectivity index (χ3n) is 4.13. The van der Waals surface area contributed by atoms with Crippen LogP contribution < -0.4 is 8.35 Å². The second kappa shape index (κ2) is 5.93. The van der Waals surface area contributed by atoms with Gasteiger partial charge in [0.15, 0.2) is 0 Å². The molecule has 1 aliphatic heterocycles. The van der Waals surface area contributed by atoms with Crippen LogP contribution in [-0.2, 0) is 3.10 Å². The third-order valence-corrected chi connectivity index (χ3v) is 18.3. The van der Waals surface area contributed by atoms with Gasteiger partial charge in [0.05, 0.1) is 0 Å². The van der Waals surface area contributed by atoms with Crippen molar-refractivity contribution in [2.75, 3.05) is 7.11 Å². The van der Waals surface area contributed by atoms with E-state index in [1.807, 2.05) is 12.1 Å². The number of methoxy groups -OCH3 is 1. The molecule has 1 unspecified atom stereocenters. The van der Waals surface area contributed by atoms with Crippen LogP contribution in [0.1, 0.15) is 32.1 Å². The van der Waals surface area contributed by atoms with Gasteiger partial charge in [0.25, 0.3) is 0 Å². The first-order valence-corrected chi connectivity index (χ1v) is 16.3. The molecule has 1 spiro atoms. The van der Waals surface area contributed by atoms with Crippen LogP contribution >= 0.6 is 28.7 Å². The van der Waals surface area contributed by atoms with Gasteiger partial charge in [-0.15, -0.1) is 0 Å². The first-order valence-electron chi connectivity index (χ1n) is 6.83. The summed E-state index contributed by atoms with van der Waals surface area (Å²) >= 11 is 4.85. The number of rotatable bonds is 2. The van der Waals surface area contributed by atoms with Crippen molar-refractivity contribution in [3.63, 3.8) is 0 Å². The normalized spacial score (nSPS) is 33.5. The Morgan fingerprint density at radius 1 is 1.20 bits per heavy atom. The van der Waals surface area contributed by atoms with Gasteiger partial charge in [-0.25, -0.2) is 0 Å². The Kier molecular flexibility index (Phi) is 4.56. The molecule has 0 bridgehead atoms. The van der Waals surface area contributed by atoms with Crippen molar-refractivity contribution in [3.05, 3.63) is 32.9 Å². The van der Waals surface area contributed by atoms with Crippen molar-refractivity contribution in [2.45, 2.75) is 37.7 Å². The number of halogens is 2. The number of ether oxygens (including phenoxy) is 1. The molecule has 0 radical (unpaired) electrons. The summed E-state index contributed by atoms with van der Waals surface area (Å²) in [6, 6.07) is 8.32. The molecule has 0 amide bonds. The van der Waals surface area contributed by atoms with E-state index >= 15 is 0 Å². The van der Waals surface area contributed by atoms with Crippen LogP contribution in [0.4, 0.5) is 0 Å². The molecule has 0 aromatic heterocycles. The summed E-state index contributed by atoms with van der Waals surface area (Å²) < 4.78 is 14.6. The van der Waals surface area contributed by atoms with E-state index < -0.39 is 16.4 Å². The van der Waals surface area contributed by atoms with Gasteiger partial charge in [0.2, 0.25) is 0 Å². The number of hydrogen-bond acceptors (Lipinski definition) is 2. The van der Waals surface area contributed by atoms with Crippen LogP contribution in [-0.4, -0.2) is 29.1 Å². The average molecular weight is 518 g/mol. The molecule has 1 aliphatic carbocycles. The predicted octanol–water partition coefficient (Wildman–Crippen LogP) is 4.29. The molecule has 0 N–H and O–H groups in total. The summed E-state index contributed by atoms with van der Waals surface area (Å²) in [6.07, 6.45) is 6.22. The Morgan fingerprint density at radius 3 is 2.40 bits per heavy atom. The fraction of sp³-hybridized carbons (Fsp3) is 0.467. The van der Waals surface area contributed by atoms with Crippen LogP contribution in [0.25, 0.3) is 0 Å². The molecule has 3 rings (SSSR count). The Balaban J connectivity index is 1.89. The Bertz CT molecular complexity index is 523. The monoisotopic (exact) mass is 518 g/mol. The van der Waals surface area contributed by atoms with Crippen LogP contribution in [0, 0.1) is 0 Å². The van der Waals surface area contributed by atoms with Crippen LogP contribution in [0.3, 0.4) is 0 Å². The standard InChI is InChI=1S/C15H18Br2O2Te/c1-18-12-5-7-13(8-6-12)20(17)14(11-16)15(19-20)9-3-2-4-10-15/h5-8,11H,2-4,9-10H2,1H3/b14-11+. The molecule has 1 saturated carbocycles. The average Bonchev–Trinajstić information content (AvgIpc) is 2.48. The van der Waals surface area contributed by atoms with Gasteiger partial charge in [-0.1, -0.05) is 0 Å². The Hall–Kier alpha value is 0.470. The van der Waals surface area contributed by atoms with Gasteiger partial charge >= 0.3 is 140 Å². The second-order valence-corrected chi connectivity index (χ2v) is 17.7. The van der Waals surface area contributed by atoms with Gasteiger partial charge in [-0.3, -0.25) is 0 Å². The molecule has 1 heterocycles. The zero-order valence-corrected chi connectivity index (χ0v) is 16.9. The Labute approximate surface area is 139 Å². The minimum atomic E-state index is -2.73. The van der Waals surface area contributed by atoms with E-state index in [4.69, 9.17) is 7.84 Å². The summed E-state index contributed by atoms with van der Waals surface area (Å²) in [5.41, 5.74) is 0.0201.